The van der Waals surface area contributed by atoms with Crippen LogP contribution in [0.3, 0.4) is 0 Å². The lowest BCUT2D eigenvalue weighted by Crippen LogP contribution is -1.84. The van der Waals surface area contributed by atoms with E-state index in [2.05, 4.69) is 80.3 Å². The summed E-state index contributed by atoms with van der Waals surface area (Å²) in [7, 11) is 0. The van der Waals surface area contributed by atoms with Crippen molar-refractivity contribution >= 4 is 32.7 Å². The van der Waals surface area contributed by atoms with Crippen LogP contribution in [0.1, 0.15) is 81.4 Å². The zero-order valence-electron chi connectivity index (χ0n) is 21.0. The highest BCUT2D eigenvalue weighted by atomic mass is 16.3. The summed E-state index contributed by atoms with van der Waals surface area (Å²) in [6, 6.07) is 21.5. The maximum atomic E-state index is 6.16. The summed E-state index contributed by atoms with van der Waals surface area (Å²) in [4.78, 5) is 0. The van der Waals surface area contributed by atoms with Crippen molar-refractivity contribution < 1.29 is 8.83 Å². The van der Waals surface area contributed by atoms with Gasteiger partial charge in [-0.2, -0.15) is 0 Å². The Morgan fingerprint density at radius 3 is 2.03 bits per heavy atom. The molecule has 5 rings (SSSR count). The Labute approximate surface area is 208 Å². The van der Waals surface area contributed by atoms with Gasteiger partial charge in [-0.15, -0.1) is 0 Å². The van der Waals surface area contributed by atoms with Crippen LogP contribution in [0.15, 0.2) is 69.5 Å². The van der Waals surface area contributed by atoms with Crippen molar-refractivity contribution in [3.8, 4) is 11.8 Å². The highest BCUT2D eigenvalue weighted by Gasteiger charge is 2.09. The first-order valence-electron chi connectivity index (χ1n) is 13.2. The summed E-state index contributed by atoms with van der Waals surface area (Å²) in [6.45, 7) is 4.48. The molecule has 0 aliphatic heterocycles. The highest BCUT2D eigenvalue weighted by molar-refractivity contribution is 6.02. The SMILES string of the molecule is CCCCCCCc1cc2cc3cc4cc(C#Cc5ccc(CCCC)cc5)oc4cc3cc2o1. The fraction of sp³-hybridized carbons (Fsp3) is 0.333. The molecule has 0 saturated heterocycles. The molecule has 0 N–H and O–H groups in total. The highest BCUT2D eigenvalue weighted by Crippen LogP contribution is 2.31. The van der Waals surface area contributed by atoms with Gasteiger partial charge in [0.05, 0.1) is 0 Å². The fourth-order valence-electron chi connectivity index (χ4n) is 4.74. The third-order valence-electron chi connectivity index (χ3n) is 6.79. The molecule has 3 aromatic carbocycles. The van der Waals surface area contributed by atoms with Crippen LogP contribution in [0.2, 0.25) is 0 Å². The predicted octanol–water partition coefficient (Wildman–Crippen LogP) is 9.59. The smallest absolute Gasteiger partial charge is 0.178 e. The maximum Gasteiger partial charge on any atom is 0.178 e. The minimum absolute atomic E-state index is 0.694. The second kappa shape index (κ2) is 10.9. The first kappa shape index (κ1) is 23.3. The molecule has 2 heteroatoms. The Morgan fingerprint density at radius 1 is 0.571 bits per heavy atom. The molecular formula is C33H34O2. The Hall–Kier alpha value is -3.44. The summed E-state index contributed by atoms with van der Waals surface area (Å²) in [5.74, 6) is 8.23. The van der Waals surface area contributed by atoms with Gasteiger partial charge in [0, 0.05) is 28.8 Å². The van der Waals surface area contributed by atoms with Crippen LogP contribution in [0, 0.1) is 11.8 Å². The largest absolute Gasteiger partial charge is 0.461 e. The minimum atomic E-state index is 0.694. The quantitative estimate of drug-likeness (QED) is 0.161. The first-order chi connectivity index (χ1) is 17.2. The molecule has 0 atom stereocenters. The molecule has 35 heavy (non-hydrogen) atoms. The van der Waals surface area contributed by atoms with Crippen LogP contribution in [-0.2, 0) is 12.8 Å². The lowest BCUT2D eigenvalue weighted by molar-refractivity contribution is 0.524. The third-order valence-corrected chi connectivity index (χ3v) is 6.79. The Morgan fingerprint density at radius 2 is 1.26 bits per heavy atom. The van der Waals surface area contributed by atoms with E-state index in [1.165, 1.54) is 61.3 Å². The Kier molecular flexibility index (Phi) is 7.24. The van der Waals surface area contributed by atoms with Gasteiger partial charge in [-0.1, -0.05) is 64.0 Å². The number of fused-ring (bicyclic) bond motifs is 3. The lowest BCUT2D eigenvalue weighted by atomic mass is 10.1. The monoisotopic (exact) mass is 462 g/mol. The Bertz CT molecular complexity index is 1410. The number of hydrogen-bond acceptors (Lipinski definition) is 2. The van der Waals surface area contributed by atoms with E-state index in [1.807, 2.05) is 6.07 Å². The second-order valence-corrected chi connectivity index (χ2v) is 9.67. The molecule has 0 saturated carbocycles. The third kappa shape index (κ3) is 5.63. The average Bonchev–Trinajstić information content (AvgIpc) is 3.46. The van der Waals surface area contributed by atoms with Crippen molar-refractivity contribution in [3.05, 3.63) is 83.3 Å². The molecule has 0 bridgehead atoms. The molecule has 5 aromatic rings. The van der Waals surface area contributed by atoms with Gasteiger partial charge in [0.1, 0.15) is 16.9 Å². The van der Waals surface area contributed by atoms with Crippen LogP contribution in [0.25, 0.3) is 32.7 Å². The number of rotatable bonds is 9. The van der Waals surface area contributed by atoms with E-state index in [1.54, 1.807) is 0 Å². The van der Waals surface area contributed by atoms with Gasteiger partial charge in [-0.25, -0.2) is 0 Å². The molecular weight excluding hydrogens is 428 g/mol. The van der Waals surface area contributed by atoms with Crippen molar-refractivity contribution in [1.29, 1.82) is 0 Å². The number of unbranched alkanes of at least 4 members (excludes halogenated alkanes) is 5. The molecule has 0 amide bonds. The standard InChI is InChI=1S/C33H34O2/c1-3-5-7-8-9-11-30-20-28-18-26-19-29-21-31(35-33(29)23-27(26)22-32(28)34-30)17-16-25-14-12-24(13-15-25)10-6-4-2/h12-15,18-23H,3-11H2,1-2H3. The fourth-order valence-corrected chi connectivity index (χ4v) is 4.74. The number of benzene rings is 3. The van der Waals surface area contributed by atoms with E-state index in [9.17, 15) is 0 Å². The van der Waals surface area contributed by atoms with E-state index in [0.717, 1.165) is 46.1 Å². The minimum Gasteiger partial charge on any atom is -0.461 e. The van der Waals surface area contributed by atoms with Crippen LogP contribution in [0.5, 0.6) is 0 Å². The molecule has 0 aliphatic carbocycles. The summed E-state index contributed by atoms with van der Waals surface area (Å²) in [6.07, 6.45) is 11.0. The lowest BCUT2D eigenvalue weighted by Gasteiger charge is -1.99. The summed E-state index contributed by atoms with van der Waals surface area (Å²) in [5.41, 5.74) is 4.20. The van der Waals surface area contributed by atoms with Crippen LogP contribution >= 0.6 is 0 Å². The van der Waals surface area contributed by atoms with Gasteiger partial charge in [0.2, 0.25) is 0 Å². The molecule has 0 radical (unpaired) electrons. The predicted molar refractivity (Wildman–Crippen MR) is 147 cm³/mol. The van der Waals surface area contributed by atoms with Crippen molar-refractivity contribution in [1.82, 2.24) is 0 Å². The van der Waals surface area contributed by atoms with Crippen molar-refractivity contribution in [2.24, 2.45) is 0 Å². The summed E-state index contributed by atoms with van der Waals surface area (Å²) >= 11 is 0. The van der Waals surface area contributed by atoms with Crippen molar-refractivity contribution in [3.63, 3.8) is 0 Å². The van der Waals surface area contributed by atoms with Crippen molar-refractivity contribution in [2.45, 2.75) is 71.6 Å². The van der Waals surface area contributed by atoms with E-state index in [0.29, 0.717) is 5.76 Å². The van der Waals surface area contributed by atoms with E-state index >= 15 is 0 Å². The van der Waals surface area contributed by atoms with Crippen LogP contribution in [-0.4, -0.2) is 0 Å². The second-order valence-electron chi connectivity index (χ2n) is 9.67. The van der Waals surface area contributed by atoms with Gasteiger partial charge in [0.25, 0.3) is 0 Å². The molecule has 2 aromatic heterocycles. The summed E-state index contributed by atoms with van der Waals surface area (Å²) in [5, 5.41) is 4.58. The Balaban J connectivity index is 1.34. The topological polar surface area (TPSA) is 26.3 Å². The van der Waals surface area contributed by atoms with Gasteiger partial charge in [0.15, 0.2) is 5.76 Å². The van der Waals surface area contributed by atoms with Gasteiger partial charge in [-0.05, 0) is 84.0 Å². The van der Waals surface area contributed by atoms with E-state index in [-0.39, 0.29) is 0 Å². The van der Waals surface area contributed by atoms with Gasteiger partial charge >= 0.3 is 0 Å². The summed E-state index contributed by atoms with van der Waals surface area (Å²) < 4.78 is 12.2. The molecule has 2 heterocycles. The zero-order chi connectivity index (χ0) is 24.0. The first-order valence-corrected chi connectivity index (χ1v) is 13.2. The van der Waals surface area contributed by atoms with Crippen LogP contribution < -0.4 is 0 Å². The molecule has 0 unspecified atom stereocenters. The molecule has 2 nitrogen and oxygen atoms in total. The number of hydrogen-bond donors (Lipinski definition) is 0. The maximum absolute atomic E-state index is 6.16. The van der Waals surface area contributed by atoms with Crippen LogP contribution in [0.4, 0.5) is 0 Å². The van der Waals surface area contributed by atoms with Gasteiger partial charge < -0.3 is 8.83 Å². The molecule has 0 aliphatic rings. The number of aryl methyl sites for hydroxylation is 2. The normalized spacial score (nSPS) is 11.4. The zero-order valence-corrected chi connectivity index (χ0v) is 21.0. The molecule has 0 spiro atoms. The number of furan rings is 2. The molecule has 178 valence electrons. The van der Waals surface area contributed by atoms with E-state index < -0.39 is 0 Å². The van der Waals surface area contributed by atoms with E-state index in [4.69, 9.17) is 8.83 Å². The van der Waals surface area contributed by atoms with Gasteiger partial charge in [-0.3, -0.25) is 0 Å². The van der Waals surface area contributed by atoms with Crippen molar-refractivity contribution in [2.75, 3.05) is 0 Å². The average molecular weight is 463 g/mol. The molecule has 0 fully saturated rings.